The maximum absolute atomic E-state index is 12.6. The van der Waals surface area contributed by atoms with E-state index in [1.807, 2.05) is 0 Å². The van der Waals surface area contributed by atoms with Gasteiger partial charge in [-0.05, 0) is 23.8 Å². The van der Waals surface area contributed by atoms with Crippen LogP contribution in [0.4, 0.5) is 17.6 Å². The van der Waals surface area contributed by atoms with Crippen molar-refractivity contribution in [2.75, 3.05) is 0 Å². The average Bonchev–Trinajstić information content (AvgIpc) is 2.01. The van der Waals surface area contributed by atoms with E-state index in [2.05, 4.69) is 0 Å². The second-order valence-electron chi connectivity index (χ2n) is 2.48. The van der Waals surface area contributed by atoms with Crippen LogP contribution in [0.25, 0.3) is 0 Å². The molecule has 1 rings (SSSR count). The largest absolute Gasteiger partial charge is 0.416 e. The molecule has 0 aliphatic carbocycles. The summed E-state index contributed by atoms with van der Waals surface area (Å²) < 4.78 is 48.8. The van der Waals surface area contributed by atoms with E-state index in [1.165, 1.54) is 0 Å². The molecule has 0 saturated carbocycles. The monoisotopic (exact) mass is 212 g/mol. The number of halogens is 5. The van der Waals surface area contributed by atoms with Gasteiger partial charge in [0.1, 0.15) is 5.82 Å². The van der Waals surface area contributed by atoms with Crippen molar-refractivity contribution < 1.29 is 17.6 Å². The Morgan fingerprint density at radius 3 is 2.23 bits per heavy atom. The zero-order valence-corrected chi connectivity index (χ0v) is 7.08. The summed E-state index contributed by atoms with van der Waals surface area (Å²) in [5.74, 6) is -1.06. The summed E-state index contributed by atoms with van der Waals surface area (Å²) in [6.45, 7) is 0. The highest BCUT2D eigenvalue weighted by Gasteiger charge is 2.31. The van der Waals surface area contributed by atoms with Gasteiger partial charge in [0.15, 0.2) is 0 Å². The third kappa shape index (κ3) is 2.59. The first kappa shape index (κ1) is 10.3. The minimum atomic E-state index is -4.52. The lowest BCUT2D eigenvalue weighted by atomic mass is 10.1. The smallest absolute Gasteiger partial charge is 0.207 e. The lowest BCUT2D eigenvalue weighted by Crippen LogP contribution is -2.06. The molecular formula is C8H5ClF4. The molecule has 72 valence electrons. The molecular weight excluding hydrogens is 208 g/mol. The molecule has 0 aromatic heterocycles. The van der Waals surface area contributed by atoms with Gasteiger partial charge in [0, 0.05) is 5.88 Å². The number of rotatable bonds is 1. The van der Waals surface area contributed by atoms with Crippen LogP contribution in [0.1, 0.15) is 11.1 Å². The first-order chi connectivity index (χ1) is 5.93. The standard InChI is InChI=1S/C8H5ClF4/c9-4-5-1-6(8(11,12)13)3-7(10)2-5/h1-3H,4H2. The Labute approximate surface area is 77.1 Å². The van der Waals surface area contributed by atoms with E-state index >= 15 is 0 Å². The predicted molar refractivity (Wildman–Crippen MR) is 41.0 cm³/mol. The van der Waals surface area contributed by atoms with Crippen molar-refractivity contribution in [2.45, 2.75) is 12.1 Å². The molecule has 0 radical (unpaired) electrons. The minimum Gasteiger partial charge on any atom is -0.207 e. The van der Waals surface area contributed by atoms with E-state index in [0.29, 0.717) is 6.07 Å². The third-order valence-electron chi connectivity index (χ3n) is 1.44. The molecule has 0 unspecified atom stereocenters. The Bertz CT molecular complexity index is 306. The molecule has 5 heteroatoms. The Morgan fingerprint density at radius 1 is 1.15 bits per heavy atom. The van der Waals surface area contributed by atoms with Crippen LogP contribution in [0, 0.1) is 5.82 Å². The first-order valence-corrected chi connectivity index (χ1v) is 3.89. The molecule has 0 aliphatic heterocycles. The Kier molecular flexibility index (Phi) is 2.81. The lowest BCUT2D eigenvalue weighted by Gasteiger charge is -2.07. The molecule has 0 bridgehead atoms. The van der Waals surface area contributed by atoms with Crippen molar-refractivity contribution in [2.24, 2.45) is 0 Å². The van der Waals surface area contributed by atoms with E-state index in [-0.39, 0.29) is 11.4 Å². The Balaban J connectivity index is 3.16. The van der Waals surface area contributed by atoms with Crippen LogP contribution in [0.2, 0.25) is 0 Å². The number of benzene rings is 1. The molecule has 1 aromatic rings. The van der Waals surface area contributed by atoms with Crippen molar-refractivity contribution in [1.82, 2.24) is 0 Å². The highest BCUT2D eigenvalue weighted by Crippen LogP contribution is 2.30. The van der Waals surface area contributed by atoms with Gasteiger partial charge in [-0.3, -0.25) is 0 Å². The topological polar surface area (TPSA) is 0 Å². The van der Waals surface area contributed by atoms with Crippen LogP contribution < -0.4 is 0 Å². The highest BCUT2D eigenvalue weighted by atomic mass is 35.5. The van der Waals surface area contributed by atoms with Gasteiger partial charge >= 0.3 is 6.18 Å². The second-order valence-corrected chi connectivity index (χ2v) is 2.75. The average molecular weight is 213 g/mol. The fraction of sp³-hybridized carbons (Fsp3) is 0.250. The van der Waals surface area contributed by atoms with Gasteiger partial charge in [0.25, 0.3) is 0 Å². The highest BCUT2D eigenvalue weighted by molar-refractivity contribution is 6.17. The Hall–Kier alpha value is -0.770. The summed E-state index contributed by atoms with van der Waals surface area (Å²) in [7, 11) is 0. The molecule has 0 N–H and O–H groups in total. The van der Waals surface area contributed by atoms with Crippen molar-refractivity contribution in [3.05, 3.63) is 35.1 Å². The van der Waals surface area contributed by atoms with E-state index in [9.17, 15) is 17.6 Å². The van der Waals surface area contributed by atoms with Crippen molar-refractivity contribution in [3.63, 3.8) is 0 Å². The zero-order valence-electron chi connectivity index (χ0n) is 6.33. The first-order valence-electron chi connectivity index (χ1n) is 3.36. The van der Waals surface area contributed by atoms with E-state index in [4.69, 9.17) is 11.6 Å². The molecule has 0 spiro atoms. The van der Waals surface area contributed by atoms with Gasteiger partial charge in [-0.1, -0.05) is 0 Å². The molecule has 0 fully saturated rings. The van der Waals surface area contributed by atoms with E-state index < -0.39 is 17.6 Å². The van der Waals surface area contributed by atoms with Gasteiger partial charge in [-0.2, -0.15) is 13.2 Å². The molecule has 0 saturated heterocycles. The van der Waals surface area contributed by atoms with Crippen LogP contribution in [0.5, 0.6) is 0 Å². The summed E-state index contributed by atoms with van der Waals surface area (Å²) in [6, 6.07) is 2.24. The third-order valence-corrected chi connectivity index (χ3v) is 1.75. The molecule has 0 nitrogen and oxygen atoms in total. The second kappa shape index (κ2) is 3.54. The Morgan fingerprint density at radius 2 is 1.77 bits per heavy atom. The predicted octanol–water partition coefficient (Wildman–Crippen LogP) is 3.58. The minimum absolute atomic E-state index is 0.119. The van der Waals surface area contributed by atoms with Gasteiger partial charge in [-0.25, -0.2) is 4.39 Å². The van der Waals surface area contributed by atoms with Gasteiger partial charge < -0.3 is 0 Å². The SMILES string of the molecule is Fc1cc(CCl)cc(C(F)(F)F)c1. The molecule has 13 heavy (non-hydrogen) atoms. The number of hydrogen-bond donors (Lipinski definition) is 0. The summed E-state index contributed by atoms with van der Waals surface area (Å²) in [6.07, 6.45) is -4.52. The fourth-order valence-corrected chi connectivity index (χ4v) is 1.05. The zero-order chi connectivity index (χ0) is 10.1. The quantitative estimate of drug-likeness (QED) is 0.493. The fourth-order valence-electron chi connectivity index (χ4n) is 0.891. The van der Waals surface area contributed by atoms with Crippen LogP contribution in [0.15, 0.2) is 18.2 Å². The number of hydrogen-bond acceptors (Lipinski definition) is 0. The van der Waals surface area contributed by atoms with Crippen LogP contribution in [-0.2, 0) is 12.1 Å². The summed E-state index contributed by atoms with van der Waals surface area (Å²) >= 11 is 5.29. The van der Waals surface area contributed by atoms with Crippen molar-refractivity contribution >= 4 is 11.6 Å². The molecule has 0 aliphatic rings. The normalized spacial score (nSPS) is 11.8. The summed E-state index contributed by atoms with van der Waals surface area (Å²) in [5, 5.41) is 0. The van der Waals surface area contributed by atoms with Crippen LogP contribution in [-0.4, -0.2) is 0 Å². The molecule has 1 aromatic carbocycles. The maximum atomic E-state index is 12.6. The maximum Gasteiger partial charge on any atom is 0.416 e. The van der Waals surface area contributed by atoms with Crippen molar-refractivity contribution in [1.29, 1.82) is 0 Å². The number of alkyl halides is 4. The van der Waals surface area contributed by atoms with Gasteiger partial charge in [-0.15, -0.1) is 11.6 Å². The molecule has 0 heterocycles. The van der Waals surface area contributed by atoms with Crippen LogP contribution >= 0.6 is 11.6 Å². The van der Waals surface area contributed by atoms with E-state index in [1.54, 1.807) is 0 Å². The summed E-state index contributed by atoms with van der Waals surface area (Å²) in [4.78, 5) is 0. The molecule has 0 amide bonds. The molecule has 0 atom stereocenters. The van der Waals surface area contributed by atoms with Crippen LogP contribution in [0.3, 0.4) is 0 Å². The summed E-state index contributed by atoms with van der Waals surface area (Å²) in [5.41, 5.74) is -0.892. The van der Waals surface area contributed by atoms with Gasteiger partial charge in [0.05, 0.1) is 5.56 Å². The van der Waals surface area contributed by atoms with Crippen molar-refractivity contribution in [3.8, 4) is 0 Å². The van der Waals surface area contributed by atoms with Gasteiger partial charge in [0.2, 0.25) is 0 Å². The van der Waals surface area contributed by atoms with E-state index in [0.717, 1.165) is 12.1 Å². The lowest BCUT2D eigenvalue weighted by molar-refractivity contribution is -0.137.